The molecule has 1 fully saturated rings. The Hall–Kier alpha value is -1.96. The molecule has 2 aromatic rings. The molecule has 0 heterocycles. The molecule has 26 heavy (non-hydrogen) atoms. The van der Waals surface area contributed by atoms with Crippen LogP contribution in [-0.2, 0) is 6.42 Å². The van der Waals surface area contributed by atoms with Crippen molar-refractivity contribution >= 4 is 0 Å². The molecular formula is C24H28F2. The third-order valence-electron chi connectivity index (χ3n) is 5.88. The van der Waals surface area contributed by atoms with E-state index in [0.29, 0.717) is 11.1 Å². The molecule has 0 bridgehead atoms. The van der Waals surface area contributed by atoms with E-state index in [1.165, 1.54) is 12.0 Å². The van der Waals surface area contributed by atoms with Crippen molar-refractivity contribution in [1.29, 1.82) is 0 Å². The Morgan fingerprint density at radius 2 is 1.65 bits per heavy atom. The lowest BCUT2D eigenvalue weighted by atomic mass is 9.77. The van der Waals surface area contributed by atoms with Gasteiger partial charge in [0.2, 0.25) is 0 Å². The van der Waals surface area contributed by atoms with Crippen LogP contribution in [0.4, 0.5) is 8.78 Å². The molecule has 0 unspecified atom stereocenters. The van der Waals surface area contributed by atoms with Crippen LogP contribution < -0.4 is 0 Å². The zero-order valence-electron chi connectivity index (χ0n) is 15.6. The van der Waals surface area contributed by atoms with Crippen LogP contribution >= 0.6 is 0 Å². The molecule has 0 radical (unpaired) electrons. The van der Waals surface area contributed by atoms with Crippen LogP contribution in [0.2, 0.25) is 0 Å². The van der Waals surface area contributed by atoms with E-state index in [0.717, 1.165) is 50.0 Å². The minimum Gasteiger partial charge on any atom is -0.203 e. The van der Waals surface area contributed by atoms with Crippen molar-refractivity contribution < 1.29 is 8.78 Å². The number of halogens is 2. The molecule has 0 atom stereocenters. The Labute approximate surface area is 156 Å². The first-order valence-corrected chi connectivity index (χ1v) is 9.82. The largest absolute Gasteiger partial charge is 0.203 e. The average Bonchev–Trinajstić information content (AvgIpc) is 2.69. The quantitative estimate of drug-likeness (QED) is 0.473. The van der Waals surface area contributed by atoms with Crippen molar-refractivity contribution in [3.05, 3.63) is 71.8 Å². The van der Waals surface area contributed by atoms with Crippen molar-refractivity contribution in [2.24, 2.45) is 5.92 Å². The van der Waals surface area contributed by atoms with Crippen LogP contribution in [0.15, 0.2) is 49.1 Å². The summed E-state index contributed by atoms with van der Waals surface area (Å²) >= 11 is 0. The lowest BCUT2D eigenvalue weighted by molar-refractivity contribution is 0.312. The number of hydrogen-bond donors (Lipinski definition) is 0. The number of benzene rings is 2. The molecule has 1 aliphatic carbocycles. The lowest BCUT2D eigenvalue weighted by Crippen LogP contribution is -2.14. The first-order valence-electron chi connectivity index (χ1n) is 9.82. The summed E-state index contributed by atoms with van der Waals surface area (Å²) in [4.78, 5) is 0. The molecule has 1 saturated carbocycles. The molecule has 0 aromatic heterocycles. The molecule has 0 nitrogen and oxygen atoms in total. The van der Waals surface area contributed by atoms with Gasteiger partial charge in [-0.3, -0.25) is 0 Å². The van der Waals surface area contributed by atoms with Crippen molar-refractivity contribution in [1.82, 2.24) is 0 Å². The zero-order chi connectivity index (χ0) is 18.5. The maximum absolute atomic E-state index is 14.8. The first-order chi connectivity index (χ1) is 12.6. The van der Waals surface area contributed by atoms with Gasteiger partial charge >= 0.3 is 0 Å². The number of rotatable bonds is 6. The predicted octanol–water partition coefficient (Wildman–Crippen LogP) is 7.43. The second kappa shape index (κ2) is 8.62. The SMILES string of the molecule is C=CCCc1ccc(-c2ccc(C3CCC(CC)CC3)c(F)c2F)cc1. The van der Waals surface area contributed by atoms with Crippen LogP contribution in [0.1, 0.15) is 62.5 Å². The number of allylic oxidation sites excluding steroid dienone is 1. The van der Waals surface area contributed by atoms with Gasteiger partial charge in [0, 0.05) is 5.56 Å². The molecule has 0 aliphatic heterocycles. The third kappa shape index (κ3) is 4.06. The van der Waals surface area contributed by atoms with Gasteiger partial charge in [0.15, 0.2) is 11.6 Å². The minimum absolute atomic E-state index is 0.155. The normalized spacial score (nSPS) is 20.1. The van der Waals surface area contributed by atoms with E-state index in [4.69, 9.17) is 0 Å². The van der Waals surface area contributed by atoms with E-state index in [1.54, 1.807) is 12.1 Å². The van der Waals surface area contributed by atoms with Gasteiger partial charge in [-0.2, -0.15) is 0 Å². The summed E-state index contributed by atoms with van der Waals surface area (Å²) in [6.07, 6.45) is 9.07. The second-order valence-corrected chi connectivity index (χ2v) is 7.48. The highest BCUT2D eigenvalue weighted by Crippen LogP contribution is 2.39. The molecular weight excluding hydrogens is 326 g/mol. The fraction of sp³-hybridized carbons (Fsp3) is 0.417. The lowest BCUT2D eigenvalue weighted by Gasteiger charge is -2.28. The van der Waals surface area contributed by atoms with E-state index >= 15 is 0 Å². The fourth-order valence-electron chi connectivity index (χ4n) is 4.10. The Kier molecular flexibility index (Phi) is 6.24. The summed E-state index contributed by atoms with van der Waals surface area (Å²) in [6, 6.07) is 11.3. The number of hydrogen-bond acceptors (Lipinski definition) is 0. The molecule has 0 N–H and O–H groups in total. The van der Waals surface area contributed by atoms with Crippen LogP contribution in [0, 0.1) is 17.6 Å². The standard InChI is InChI=1S/C24H28F2/c1-3-5-6-18-9-13-20(14-10-18)22-16-15-21(23(25)24(22)26)19-11-7-17(4-2)8-12-19/h3,9-10,13-17,19H,1,4-8,11-12H2,2H3. The Morgan fingerprint density at radius 3 is 2.27 bits per heavy atom. The van der Waals surface area contributed by atoms with Gasteiger partial charge in [-0.1, -0.05) is 55.8 Å². The molecule has 1 aliphatic rings. The Morgan fingerprint density at radius 1 is 0.962 bits per heavy atom. The van der Waals surface area contributed by atoms with Crippen LogP contribution in [-0.4, -0.2) is 0 Å². The summed E-state index contributed by atoms with van der Waals surface area (Å²) in [7, 11) is 0. The molecule has 138 valence electrons. The van der Waals surface area contributed by atoms with Gasteiger partial charge in [-0.15, -0.1) is 6.58 Å². The Bertz CT molecular complexity index is 738. The summed E-state index contributed by atoms with van der Waals surface area (Å²) in [5.74, 6) is -0.460. The van der Waals surface area contributed by atoms with E-state index in [-0.39, 0.29) is 5.92 Å². The zero-order valence-corrected chi connectivity index (χ0v) is 15.6. The van der Waals surface area contributed by atoms with Crippen LogP contribution in [0.3, 0.4) is 0 Å². The van der Waals surface area contributed by atoms with E-state index < -0.39 is 11.6 Å². The minimum atomic E-state index is -0.709. The van der Waals surface area contributed by atoms with Gasteiger partial charge < -0.3 is 0 Å². The van der Waals surface area contributed by atoms with Crippen LogP contribution in [0.25, 0.3) is 11.1 Å². The molecule has 0 amide bonds. The van der Waals surface area contributed by atoms with Gasteiger partial charge in [-0.25, -0.2) is 8.78 Å². The molecule has 0 spiro atoms. The highest BCUT2D eigenvalue weighted by Gasteiger charge is 2.25. The maximum atomic E-state index is 14.8. The first kappa shape index (κ1) is 18.8. The predicted molar refractivity (Wildman–Crippen MR) is 105 cm³/mol. The third-order valence-corrected chi connectivity index (χ3v) is 5.88. The topological polar surface area (TPSA) is 0 Å². The summed E-state index contributed by atoms with van der Waals surface area (Å²) < 4.78 is 29.5. The van der Waals surface area contributed by atoms with Crippen molar-refractivity contribution in [3.63, 3.8) is 0 Å². The molecule has 0 saturated heterocycles. The molecule has 3 rings (SSSR count). The van der Waals surface area contributed by atoms with Gasteiger partial charge in [0.05, 0.1) is 0 Å². The smallest absolute Gasteiger partial charge is 0.166 e. The van der Waals surface area contributed by atoms with Crippen molar-refractivity contribution in [2.75, 3.05) is 0 Å². The van der Waals surface area contributed by atoms with E-state index in [1.807, 2.05) is 30.3 Å². The summed E-state index contributed by atoms with van der Waals surface area (Å²) in [6.45, 7) is 5.94. The van der Waals surface area contributed by atoms with E-state index in [2.05, 4.69) is 13.5 Å². The van der Waals surface area contributed by atoms with Gasteiger partial charge in [-0.05, 0) is 67.1 Å². The second-order valence-electron chi connectivity index (χ2n) is 7.48. The Balaban J connectivity index is 1.80. The van der Waals surface area contributed by atoms with E-state index in [9.17, 15) is 8.78 Å². The average molecular weight is 354 g/mol. The highest BCUT2D eigenvalue weighted by atomic mass is 19.2. The fourth-order valence-corrected chi connectivity index (χ4v) is 4.10. The van der Waals surface area contributed by atoms with Crippen LogP contribution in [0.5, 0.6) is 0 Å². The monoisotopic (exact) mass is 354 g/mol. The summed E-state index contributed by atoms with van der Waals surface area (Å²) in [5, 5.41) is 0. The molecule has 2 aromatic carbocycles. The summed E-state index contributed by atoms with van der Waals surface area (Å²) in [5.41, 5.74) is 2.82. The maximum Gasteiger partial charge on any atom is 0.166 e. The number of aryl methyl sites for hydroxylation is 1. The van der Waals surface area contributed by atoms with Gasteiger partial charge in [0.1, 0.15) is 0 Å². The molecule has 2 heteroatoms. The van der Waals surface area contributed by atoms with Crippen molar-refractivity contribution in [3.8, 4) is 11.1 Å². The van der Waals surface area contributed by atoms with Crippen molar-refractivity contribution in [2.45, 2.75) is 57.8 Å². The van der Waals surface area contributed by atoms with Gasteiger partial charge in [0.25, 0.3) is 0 Å². The highest BCUT2D eigenvalue weighted by molar-refractivity contribution is 5.65.